The normalized spacial score (nSPS) is 11.2. The van der Waals surface area contributed by atoms with Crippen molar-refractivity contribution in [2.75, 3.05) is 19.4 Å². The number of hydrogen-bond donors (Lipinski definition) is 2. The van der Waals surface area contributed by atoms with E-state index in [1.54, 1.807) is 6.33 Å². The van der Waals surface area contributed by atoms with Crippen molar-refractivity contribution in [1.29, 1.82) is 0 Å². The van der Waals surface area contributed by atoms with Gasteiger partial charge >= 0.3 is 0 Å². The van der Waals surface area contributed by atoms with E-state index in [4.69, 9.17) is 0 Å². The van der Waals surface area contributed by atoms with Crippen molar-refractivity contribution in [3.05, 3.63) is 66.5 Å². The molecular formula is C20H20N6. The van der Waals surface area contributed by atoms with Crippen molar-refractivity contribution in [3.63, 3.8) is 0 Å². The second-order valence-electron chi connectivity index (χ2n) is 6.40. The molecule has 2 heterocycles. The Labute approximate surface area is 151 Å². The molecule has 0 aliphatic heterocycles. The minimum atomic E-state index is 0.714. The van der Waals surface area contributed by atoms with Gasteiger partial charge in [-0.2, -0.15) is 5.10 Å². The van der Waals surface area contributed by atoms with E-state index in [2.05, 4.69) is 56.6 Å². The molecule has 6 nitrogen and oxygen atoms in total. The van der Waals surface area contributed by atoms with E-state index >= 15 is 0 Å². The fourth-order valence-electron chi connectivity index (χ4n) is 3.01. The third-order valence-corrected chi connectivity index (χ3v) is 4.16. The van der Waals surface area contributed by atoms with Crippen LogP contribution in [-0.2, 0) is 6.54 Å². The highest BCUT2D eigenvalue weighted by molar-refractivity contribution is 5.99. The lowest BCUT2D eigenvalue weighted by Crippen LogP contribution is -2.12. The molecule has 0 spiro atoms. The summed E-state index contributed by atoms with van der Waals surface area (Å²) in [6.45, 7) is 0.842. The maximum Gasteiger partial charge on any atom is 0.161 e. The monoisotopic (exact) mass is 344 g/mol. The van der Waals surface area contributed by atoms with Crippen LogP contribution in [0, 0.1) is 0 Å². The molecule has 4 rings (SSSR count). The van der Waals surface area contributed by atoms with Gasteiger partial charge in [0, 0.05) is 17.8 Å². The molecule has 0 saturated heterocycles. The van der Waals surface area contributed by atoms with Gasteiger partial charge in [-0.15, -0.1) is 0 Å². The van der Waals surface area contributed by atoms with Gasteiger partial charge in [-0.1, -0.05) is 48.5 Å². The number of H-pyrrole nitrogens is 1. The molecule has 0 aliphatic carbocycles. The highest BCUT2D eigenvalue weighted by atomic mass is 15.2. The summed E-state index contributed by atoms with van der Waals surface area (Å²) in [4.78, 5) is 11.0. The minimum absolute atomic E-state index is 0.714. The van der Waals surface area contributed by atoms with Gasteiger partial charge in [0.2, 0.25) is 0 Å². The van der Waals surface area contributed by atoms with Crippen molar-refractivity contribution < 1.29 is 0 Å². The highest BCUT2D eigenvalue weighted by Crippen LogP contribution is 2.32. The van der Waals surface area contributed by atoms with Gasteiger partial charge in [-0.3, -0.25) is 5.10 Å². The molecule has 0 radical (unpaired) electrons. The first-order valence-electron chi connectivity index (χ1n) is 8.46. The van der Waals surface area contributed by atoms with Gasteiger partial charge in [-0.25, -0.2) is 9.97 Å². The summed E-state index contributed by atoms with van der Waals surface area (Å²) in [6.07, 6.45) is 1.55. The number of para-hydroxylation sites is 1. The molecule has 6 heteroatoms. The van der Waals surface area contributed by atoms with E-state index < -0.39 is 0 Å². The number of aromatic amines is 1. The molecule has 2 N–H and O–H groups in total. The molecular weight excluding hydrogens is 324 g/mol. The molecule has 0 atom stereocenters. The zero-order chi connectivity index (χ0) is 17.9. The number of hydrogen-bond acceptors (Lipinski definition) is 5. The Hall–Kier alpha value is -3.25. The first kappa shape index (κ1) is 16.2. The van der Waals surface area contributed by atoms with Crippen molar-refractivity contribution in [3.8, 4) is 11.3 Å². The molecule has 26 heavy (non-hydrogen) atoms. The fourth-order valence-corrected chi connectivity index (χ4v) is 3.01. The maximum absolute atomic E-state index is 4.48. The van der Waals surface area contributed by atoms with E-state index in [9.17, 15) is 0 Å². The average molecular weight is 344 g/mol. The van der Waals surface area contributed by atoms with Crippen LogP contribution in [0.15, 0.2) is 60.9 Å². The lowest BCUT2D eigenvalue weighted by atomic mass is 10.1. The van der Waals surface area contributed by atoms with Crippen molar-refractivity contribution >= 4 is 22.5 Å². The first-order chi connectivity index (χ1) is 12.7. The van der Waals surface area contributed by atoms with Crippen LogP contribution in [0.2, 0.25) is 0 Å². The predicted octanol–water partition coefficient (Wildman–Crippen LogP) is 3.83. The largest absolute Gasteiger partial charge is 0.339 e. The molecule has 4 aromatic rings. The lowest BCUT2D eigenvalue weighted by molar-refractivity contribution is 0.403. The van der Waals surface area contributed by atoms with E-state index in [1.807, 2.05) is 42.5 Å². The summed E-state index contributed by atoms with van der Waals surface area (Å²) in [6, 6.07) is 18.3. The number of fused-ring (bicyclic) bond motifs is 1. The summed E-state index contributed by atoms with van der Waals surface area (Å²) < 4.78 is 0. The summed E-state index contributed by atoms with van der Waals surface area (Å²) in [5, 5.41) is 11.8. The fraction of sp³-hybridized carbons (Fsp3) is 0.150. The zero-order valence-electron chi connectivity index (χ0n) is 14.8. The van der Waals surface area contributed by atoms with Crippen molar-refractivity contribution in [2.45, 2.75) is 6.54 Å². The van der Waals surface area contributed by atoms with Crippen LogP contribution in [-0.4, -0.2) is 39.2 Å². The molecule has 2 aromatic heterocycles. The van der Waals surface area contributed by atoms with Crippen LogP contribution >= 0.6 is 0 Å². The van der Waals surface area contributed by atoms with Crippen LogP contribution in [0.25, 0.3) is 22.3 Å². The summed E-state index contributed by atoms with van der Waals surface area (Å²) in [7, 11) is 4.12. The number of anilines is 2. The summed E-state index contributed by atoms with van der Waals surface area (Å²) in [5.41, 5.74) is 4.81. The Bertz CT molecular complexity index is 1020. The molecule has 2 aromatic carbocycles. The Morgan fingerprint density at radius 2 is 1.73 bits per heavy atom. The summed E-state index contributed by atoms with van der Waals surface area (Å²) in [5.74, 6) is 0.744. The number of aromatic nitrogens is 4. The van der Waals surface area contributed by atoms with Crippen LogP contribution in [0.3, 0.4) is 0 Å². The number of nitrogens with zero attached hydrogens (tertiary/aromatic N) is 4. The molecule has 130 valence electrons. The smallest absolute Gasteiger partial charge is 0.161 e. The topological polar surface area (TPSA) is 69.7 Å². The first-order valence-corrected chi connectivity index (χ1v) is 8.46. The molecule has 0 saturated carbocycles. The number of rotatable bonds is 5. The van der Waals surface area contributed by atoms with Crippen molar-refractivity contribution in [1.82, 2.24) is 25.1 Å². The predicted molar refractivity (Wildman–Crippen MR) is 104 cm³/mol. The third kappa shape index (κ3) is 3.14. The number of nitrogens with one attached hydrogen (secondary N) is 2. The van der Waals surface area contributed by atoms with Crippen LogP contribution in [0.5, 0.6) is 0 Å². The average Bonchev–Trinajstić information content (AvgIpc) is 3.09. The van der Waals surface area contributed by atoms with Crippen molar-refractivity contribution in [2.24, 2.45) is 0 Å². The van der Waals surface area contributed by atoms with Gasteiger partial charge in [-0.05, 0) is 25.7 Å². The molecule has 0 aliphatic rings. The van der Waals surface area contributed by atoms with E-state index in [1.165, 1.54) is 5.56 Å². The lowest BCUT2D eigenvalue weighted by Gasteiger charge is -2.15. The van der Waals surface area contributed by atoms with Gasteiger partial charge < -0.3 is 10.2 Å². The molecule has 0 unspecified atom stereocenters. The quantitative estimate of drug-likeness (QED) is 0.576. The third-order valence-electron chi connectivity index (χ3n) is 4.16. The van der Waals surface area contributed by atoms with Crippen LogP contribution in [0.1, 0.15) is 5.56 Å². The van der Waals surface area contributed by atoms with Gasteiger partial charge in [0.25, 0.3) is 0 Å². The van der Waals surface area contributed by atoms with E-state index in [0.717, 1.165) is 34.7 Å². The van der Waals surface area contributed by atoms with E-state index in [-0.39, 0.29) is 0 Å². The second-order valence-corrected chi connectivity index (χ2v) is 6.40. The summed E-state index contributed by atoms with van der Waals surface area (Å²) >= 11 is 0. The van der Waals surface area contributed by atoms with E-state index in [0.29, 0.717) is 5.65 Å². The molecule has 0 fully saturated rings. The van der Waals surface area contributed by atoms with Gasteiger partial charge in [0.05, 0.1) is 5.39 Å². The molecule has 0 bridgehead atoms. The highest BCUT2D eigenvalue weighted by Gasteiger charge is 2.15. The Morgan fingerprint density at radius 1 is 0.962 bits per heavy atom. The van der Waals surface area contributed by atoms with Gasteiger partial charge in [0.15, 0.2) is 5.65 Å². The standard InChI is InChI=1S/C20H20N6/c1-26(2)12-15-10-6-7-11-16(15)23-19-17-18(14-8-4-3-5-9-14)24-25-20(17)22-13-21-19/h3-11,13H,12H2,1-2H3,(H2,21,22,23,24,25). The zero-order valence-corrected chi connectivity index (χ0v) is 14.8. The van der Waals surface area contributed by atoms with Crippen LogP contribution in [0.4, 0.5) is 11.5 Å². The Morgan fingerprint density at radius 3 is 2.54 bits per heavy atom. The van der Waals surface area contributed by atoms with Gasteiger partial charge in [0.1, 0.15) is 17.8 Å². The number of benzene rings is 2. The minimum Gasteiger partial charge on any atom is -0.339 e. The Kier molecular flexibility index (Phi) is 4.33. The Balaban J connectivity index is 1.80. The molecule has 0 amide bonds. The SMILES string of the molecule is CN(C)Cc1ccccc1Nc1ncnc2[nH]nc(-c3ccccc3)c12. The maximum atomic E-state index is 4.48. The van der Waals surface area contributed by atoms with Crippen LogP contribution < -0.4 is 5.32 Å². The second kappa shape index (κ2) is 6.93.